The highest BCUT2D eigenvalue weighted by atomic mass is 32.2. The van der Waals surface area contributed by atoms with Gasteiger partial charge in [-0.15, -0.1) is 0 Å². The molecule has 3 atom stereocenters. The number of amides is 2. The van der Waals surface area contributed by atoms with Crippen LogP contribution in [0.15, 0.2) is 66.9 Å². The van der Waals surface area contributed by atoms with Gasteiger partial charge in [-0.2, -0.15) is 0 Å². The summed E-state index contributed by atoms with van der Waals surface area (Å²) in [5.74, 6) is -3.83. The number of rotatable bonds is 9. The predicted octanol–water partition coefficient (Wildman–Crippen LogP) is 1.63. The van der Waals surface area contributed by atoms with Gasteiger partial charge in [0.15, 0.2) is 0 Å². The van der Waals surface area contributed by atoms with Crippen molar-refractivity contribution in [2.45, 2.75) is 45.0 Å². The van der Waals surface area contributed by atoms with E-state index in [1.165, 1.54) is 6.20 Å². The van der Waals surface area contributed by atoms with E-state index in [0.717, 1.165) is 22.4 Å². The van der Waals surface area contributed by atoms with Crippen molar-refractivity contribution in [3.05, 3.63) is 78.0 Å². The van der Waals surface area contributed by atoms with Crippen LogP contribution in [0.3, 0.4) is 0 Å². The van der Waals surface area contributed by atoms with E-state index in [1.807, 2.05) is 0 Å². The van der Waals surface area contributed by atoms with Gasteiger partial charge in [0.2, 0.25) is 15.9 Å². The fourth-order valence-electron chi connectivity index (χ4n) is 4.47. The molecule has 0 radical (unpaired) electrons. The average Bonchev–Trinajstić information content (AvgIpc) is 2.82. The number of nitrogens with zero attached hydrogens (tertiary/aromatic N) is 2. The Morgan fingerprint density at radius 2 is 1.59 bits per heavy atom. The monoisotopic (exact) mass is 529 g/mol. The summed E-state index contributed by atoms with van der Waals surface area (Å²) in [5.41, 5.74) is -1.83. The van der Waals surface area contributed by atoms with Crippen LogP contribution < -0.4 is 5.32 Å². The van der Waals surface area contributed by atoms with E-state index >= 15 is 0 Å². The summed E-state index contributed by atoms with van der Waals surface area (Å²) >= 11 is 0. The van der Waals surface area contributed by atoms with Crippen LogP contribution in [0.5, 0.6) is 0 Å². The molecule has 3 N–H and O–H groups in total. The first-order valence-electron chi connectivity index (χ1n) is 11.6. The molecule has 2 aromatic carbocycles. The summed E-state index contributed by atoms with van der Waals surface area (Å²) in [6.07, 6.45) is 2.10. The number of nitrogens with one attached hydrogen (secondary N) is 1. The maximum Gasteiger partial charge on any atom is 0.359 e. The van der Waals surface area contributed by atoms with Crippen molar-refractivity contribution >= 4 is 33.5 Å². The first-order chi connectivity index (χ1) is 17.3. The third kappa shape index (κ3) is 5.83. The Kier molecular flexibility index (Phi) is 8.09. The molecule has 1 aliphatic heterocycles. The average molecular weight is 530 g/mol. The molecule has 10 nitrogen and oxygen atoms in total. The molecule has 0 aromatic heterocycles. The van der Waals surface area contributed by atoms with Gasteiger partial charge in [0.05, 0.1) is 12.0 Å². The van der Waals surface area contributed by atoms with Crippen molar-refractivity contribution in [2.24, 2.45) is 5.92 Å². The number of benzene rings is 2. The summed E-state index contributed by atoms with van der Waals surface area (Å²) < 4.78 is 26.5. The number of aliphatic carboxylic acids is 1. The normalized spacial score (nSPS) is 18.7. The lowest BCUT2D eigenvalue weighted by Gasteiger charge is -2.47. The van der Waals surface area contributed by atoms with Gasteiger partial charge in [-0.25, -0.2) is 13.2 Å². The molecule has 2 aromatic rings. The van der Waals surface area contributed by atoms with Crippen molar-refractivity contribution in [3.8, 4) is 0 Å². The Balaban J connectivity index is 2.36. The summed E-state index contributed by atoms with van der Waals surface area (Å²) in [6, 6.07) is 14.2. The third-order valence-corrected chi connectivity index (χ3v) is 7.21. The van der Waals surface area contributed by atoms with Crippen LogP contribution in [0, 0.1) is 5.92 Å². The molecule has 0 saturated carbocycles. The molecule has 1 aliphatic rings. The number of hydrogen-bond donors (Lipinski definition) is 3. The zero-order valence-electron chi connectivity index (χ0n) is 21.0. The highest BCUT2D eigenvalue weighted by Gasteiger charge is 2.54. The minimum Gasteiger partial charge on any atom is -0.478 e. The van der Waals surface area contributed by atoms with Gasteiger partial charge in [-0.05, 0) is 23.5 Å². The molecule has 11 heteroatoms. The molecular weight excluding hydrogens is 498 g/mol. The standard InChI is InChI=1S/C26H31N3O7S/c1-17(2)23-24(31)29(21(16-28(23)37(4,35)36)20-13-9-6-10-14-20)22(15-19-11-7-5-8-12-19)26(34,25(32)33)27-18(3)30/h5-14,16-17,22-23,34H,15H2,1-4H3,(H,27,30)(H,32,33)/t22-,23?,26?/m0/s1. The zero-order chi connectivity index (χ0) is 27.5. The fourth-order valence-corrected chi connectivity index (χ4v) is 5.51. The van der Waals surface area contributed by atoms with E-state index in [-0.39, 0.29) is 12.1 Å². The van der Waals surface area contributed by atoms with Crippen molar-refractivity contribution in [1.29, 1.82) is 0 Å². The molecule has 2 unspecified atom stereocenters. The quantitative estimate of drug-likeness (QED) is 0.419. The minimum absolute atomic E-state index is 0.0684. The van der Waals surface area contributed by atoms with Gasteiger partial charge in [0, 0.05) is 13.1 Å². The number of carbonyl (C=O) groups excluding carboxylic acids is 2. The van der Waals surface area contributed by atoms with Crippen LogP contribution in [0.1, 0.15) is 31.9 Å². The molecule has 198 valence electrons. The smallest absolute Gasteiger partial charge is 0.359 e. The van der Waals surface area contributed by atoms with E-state index in [9.17, 15) is 33.0 Å². The van der Waals surface area contributed by atoms with Crippen LogP contribution in [-0.4, -0.2) is 69.7 Å². The lowest BCUT2D eigenvalue weighted by molar-refractivity contribution is -0.175. The Hall–Kier alpha value is -3.70. The predicted molar refractivity (Wildman–Crippen MR) is 137 cm³/mol. The van der Waals surface area contributed by atoms with Crippen molar-refractivity contribution in [2.75, 3.05) is 6.26 Å². The topological polar surface area (TPSA) is 144 Å². The molecule has 1 heterocycles. The first-order valence-corrected chi connectivity index (χ1v) is 13.5. The number of carbonyl (C=O) groups is 3. The lowest BCUT2D eigenvalue weighted by atomic mass is 9.90. The molecule has 0 saturated heterocycles. The Morgan fingerprint density at radius 3 is 2.05 bits per heavy atom. The van der Waals surface area contributed by atoms with E-state index < -0.39 is 51.5 Å². The molecule has 0 bridgehead atoms. The second-order valence-electron chi connectivity index (χ2n) is 9.33. The first kappa shape index (κ1) is 27.9. The van der Waals surface area contributed by atoms with E-state index in [2.05, 4.69) is 5.32 Å². The minimum atomic E-state index is -3.91. The van der Waals surface area contributed by atoms with Crippen molar-refractivity contribution in [1.82, 2.24) is 14.5 Å². The van der Waals surface area contributed by atoms with Gasteiger partial charge in [-0.1, -0.05) is 74.5 Å². The van der Waals surface area contributed by atoms with Crippen LogP contribution in [0.2, 0.25) is 0 Å². The largest absolute Gasteiger partial charge is 0.478 e. The SMILES string of the molecule is CC(=O)NC(O)(C(=O)O)[C@H](Cc1ccccc1)N1C(=O)C(C(C)C)N(S(C)(=O)=O)C=C1c1ccccc1. The van der Waals surface area contributed by atoms with Crippen molar-refractivity contribution in [3.63, 3.8) is 0 Å². The molecule has 2 amide bonds. The molecular formula is C26H31N3O7S. The maximum atomic E-state index is 14.2. The summed E-state index contributed by atoms with van der Waals surface area (Å²) in [5, 5.41) is 23.7. The Labute approximate surface area is 216 Å². The van der Waals surface area contributed by atoms with Gasteiger partial charge in [-0.3, -0.25) is 18.8 Å². The van der Waals surface area contributed by atoms with Crippen LogP contribution in [-0.2, 0) is 30.8 Å². The second kappa shape index (κ2) is 10.7. The van der Waals surface area contributed by atoms with E-state index in [4.69, 9.17) is 0 Å². The Morgan fingerprint density at radius 1 is 1.05 bits per heavy atom. The number of hydrogen-bond acceptors (Lipinski definition) is 6. The van der Waals surface area contributed by atoms with E-state index in [0.29, 0.717) is 11.1 Å². The van der Waals surface area contributed by atoms with Crippen LogP contribution in [0.25, 0.3) is 5.70 Å². The number of carboxylic acids is 1. The molecule has 0 spiro atoms. The Bertz CT molecular complexity index is 1300. The van der Waals surface area contributed by atoms with Crippen LogP contribution >= 0.6 is 0 Å². The molecule has 37 heavy (non-hydrogen) atoms. The number of sulfonamides is 1. The second-order valence-corrected chi connectivity index (χ2v) is 11.2. The highest BCUT2D eigenvalue weighted by molar-refractivity contribution is 7.88. The molecule has 3 rings (SSSR count). The van der Waals surface area contributed by atoms with Gasteiger partial charge < -0.3 is 15.5 Å². The highest BCUT2D eigenvalue weighted by Crippen LogP contribution is 2.36. The van der Waals surface area contributed by atoms with Crippen LogP contribution in [0.4, 0.5) is 0 Å². The molecule has 0 aliphatic carbocycles. The maximum absolute atomic E-state index is 14.2. The van der Waals surface area contributed by atoms with Crippen molar-refractivity contribution < 1.29 is 33.0 Å². The molecule has 0 fully saturated rings. The summed E-state index contributed by atoms with van der Waals surface area (Å²) in [7, 11) is -3.91. The van der Waals surface area contributed by atoms with Gasteiger partial charge in [0.25, 0.3) is 11.6 Å². The van der Waals surface area contributed by atoms with Gasteiger partial charge in [0.1, 0.15) is 12.1 Å². The third-order valence-electron chi connectivity index (χ3n) is 6.12. The van der Waals surface area contributed by atoms with E-state index in [1.54, 1.807) is 74.5 Å². The summed E-state index contributed by atoms with van der Waals surface area (Å²) in [6.45, 7) is 4.40. The number of carboxylic acid groups (broad SMARTS) is 1. The lowest BCUT2D eigenvalue weighted by Crippen LogP contribution is -2.70. The fraction of sp³-hybridized carbons (Fsp3) is 0.346. The summed E-state index contributed by atoms with van der Waals surface area (Å²) in [4.78, 5) is 39.8. The zero-order valence-corrected chi connectivity index (χ0v) is 21.8. The van der Waals surface area contributed by atoms with Gasteiger partial charge >= 0.3 is 5.97 Å². The number of aliphatic hydroxyl groups is 1.